The molecule has 4 aromatic rings. The van der Waals surface area contributed by atoms with Crippen molar-refractivity contribution in [2.45, 2.75) is 13.0 Å². The summed E-state index contributed by atoms with van der Waals surface area (Å²) in [6.07, 6.45) is 0.975. The number of rotatable bonds is 7. The maximum Gasteiger partial charge on any atom is 0.190 e. The van der Waals surface area contributed by atoms with Crippen LogP contribution < -0.4 is 14.3 Å². The number of nitrogens with zero attached hydrogens (tertiary/aromatic N) is 2. The second-order valence-corrected chi connectivity index (χ2v) is 8.30. The first-order valence-electron chi connectivity index (χ1n) is 9.31. The fraction of sp³-hybridized carbons (Fsp3) is 0.174. The number of ether oxygens (including phenoxy) is 2. The third-order valence-electron chi connectivity index (χ3n) is 4.62. The summed E-state index contributed by atoms with van der Waals surface area (Å²) in [5, 5.41) is 4.30. The van der Waals surface area contributed by atoms with E-state index in [0.29, 0.717) is 0 Å². The van der Waals surface area contributed by atoms with Crippen LogP contribution in [0, 0.1) is 0 Å². The van der Waals surface area contributed by atoms with Crippen LogP contribution in [0.15, 0.2) is 76.4 Å². The van der Waals surface area contributed by atoms with E-state index in [0.717, 1.165) is 46.2 Å². The van der Waals surface area contributed by atoms with Crippen LogP contribution in [0.3, 0.4) is 0 Å². The molecule has 0 aliphatic heterocycles. The van der Waals surface area contributed by atoms with E-state index in [9.17, 15) is 0 Å². The van der Waals surface area contributed by atoms with Gasteiger partial charge in [-0.2, -0.15) is 0 Å². The van der Waals surface area contributed by atoms with Crippen LogP contribution in [-0.2, 0) is 13.0 Å². The van der Waals surface area contributed by atoms with Crippen LogP contribution in [0.25, 0.3) is 11.3 Å². The molecule has 4 nitrogen and oxygen atoms in total. The molecule has 0 aliphatic carbocycles. The molecule has 0 saturated carbocycles. The highest BCUT2D eigenvalue weighted by Gasteiger charge is 2.09. The van der Waals surface area contributed by atoms with Gasteiger partial charge in [-0.25, -0.2) is 4.99 Å². The van der Waals surface area contributed by atoms with Gasteiger partial charge in [0.25, 0.3) is 0 Å². The quantitative estimate of drug-likeness (QED) is 0.379. The SMILES string of the molecule is COc1ccc(-c2csc(=Nc3cccc(OC)c3)n2CCc2cccs2)cc1. The van der Waals surface area contributed by atoms with Crippen LogP contribution in [0.4, 0.5) is 5.69 Å². The lowest BCUT2D eigenvalue weighted by atomic mass is 10.1. The molecule has 0 N–H and O–H groups in total. The molecule has 0 spiro atoms. The minimum atomic E-state index is 0.809. The average molecular weight is 423 g/mol. The van der Waals surface area contributed by atoms with Crippen molar-refractivity contribution in [1.29, 1.82) is 0 Å². The number of hydrogen-bond acceptors (Lipinski definition) is 5. The average Bonchev–Trinajstić information content (AvgIpc) is 3.42. The highest BCUT2D eigenvalue weighted by Crippen LogP contribution is 2.25. The molecule has 2 aromatic heterocycles. The van der Waals surface area contributed by atoms with Gasteiger partial charge in [0, 0.05) is 22.9 Å². The summed E-state index contributed by atoms with van der Waals surface area (Å²) < 4.78 is 12.9. The first-order valence-corrected chi connectivity index (χ1v) is 11.1. The number of methoxy groups -OCH3 is 2. The molecular weight excluding hydrogens is 400 g/mol. The molecule has 0 bridgehead atoms. The van der Waals surface area contributed by atoms with Gasteiger partial charge in [0.2, 0.25) is 0 Å². The lowest BCUT2D eigenvalue weighted by molar-refractivity contribution is 0.415. The van der Waals surface area contributed by atoms with Crippen LogP contribution in [0.1, 0.15) is 4.88 Å². The number of aryl methyl sites for hydroxylation is 1. The zero-order valence-electron chi connectivity index (χ0n) is 16.4. The normalized spacial score (nSPS) is 11.6. The minimum Gasteiger partial charge on any atom is -0.497 e. The standard InChI is InChI=1S/C23H22N2O2S2/c1-26-19-10-8-17(9-11-19)22-16-29-23(24-18-5-3-6-20(15-18)27-2)25(22)13-12-21-7-4-14-28-21/h3-11,14-16H,12-13H2,1-2H3. The maximum absolute atomic E-state index is 5.34. The van der Waals surface area contributed by atoms with Crippen molar-refractivity contribution in [3.63, 3.8) is 0 Å². The molecular formula is C23H22N2O2S2. The Bertz CT molecular complexity index is 1130. The van der Waals surface area contributed by atoms with Gasteiger partial charge in [0.1, 0.15) is 11.5 Å². The first-order chi connectivity index (χ1) is 14.3. The molecule has 6 heteroatoms. The van der Waals surface area contributed by atoms with Crippen LogP contribution in [0.5, 0.6) is 11.5 Å². The van der Waals surface area contributed by atoms with Gasteiger partial charge in [-0.3, -0.25) is 0 Å². The molecule has 2 aromatic carbocycles. The third kappa shape index (κ3) is 4.60. The van der Waals surface area contributed by atoms with Crippen molar-refractivity contribution in [3.8, 4) is 22.8 Å². The maximum atomic E-state index is 5.34. The van der Waals surface area contributed by atoms with E-state index >= 15 is 0 Å². The molecule has 0 aliphatic rings. The van der Waals surface area contributed by atoms with Crippen LogP contribution >= 0.6 is 22.7 Å². The van der Waals surface area contributed by atoms with Crippen molar-refractivity contribution < 1.29 is 9.47 Å². The van der Waals surface area contributed by atoms with Crippen molar-refractivity contribution in [2.24, 2.45) is 4.99 Å². The Hall–Kier alpha value is -2.83. The Labute approximate surface area is 178 Å². The monoisotopic (exact) mass is 422 g/mol. The van der Waals surface area contributed by atoms with E-state index in [4.69, 9.17) is 14.5 Å². The number of aromatic nitrogens is 1. The van der Waals surface area contributed by atoms with Crippen molar-refractivity contribution in [3.05, 3.63) is 81.1 Å². The van der Waals surface area contributed by atoms with Gasteiger partial charge < -0.3 is 14.0 Å². The minimum absolute atomic E-state index is 0.809. The van der Waals surface area contributed by atoms with Crippen molar-refractivity contribution in [2.75, 3.05) is 14.2 Å². The van der Waals surface area contributed by atoms with E-state index in [1.165, 1.54) is 4.88 Å². The van der Waals surface area contributed by atoms with E-state index in [2.05, 4.69) is 39.6 Å². The van der Waals surface area contributed by atoms with E-state index < -0.39 is 0 Å². The molecule has 0 unspecified atom stereocenters. The van der Waals surface area contributed by atoms with E-state index in [1.807, 2.05) is 36.4 Å². The predicted octanol–water partition coefficient (Wildman–Crippen LogP) is 5.77. The summed E-state index contributed by atoms with van der Waals surface area (Å²) in [5.41, 5.74) is 3.20. The number of thiazole rings is 1. The molecule has 0 amide bonds. The van der Waals surface area contributed by atoms with Gasteiger partial charge in [-0.05, 0) is 59.8 Å². The molecule has 4 rings (SSSR count). The van der Waals surface area contributed by atoms with Crippen molar-refractivity contribution >= 4 is 28.4 Å². The van der Waals surface area contributed by atoms with Gasteiger partial charge in [-0.15, -0.1) is 22.7 Å². The second-order valence-electron chi connectivity index (χ2n) is 6.43. The summed E-state index contributed by atoms with van der Waals surface area (Å²) in [6.45, 7) is 0.869. The van der Waals surface area contributed by atoms with E-state index in [1.54, 1.807) is 36.9 Å². The Morgan fingerprint density at radius 2 is 1.72 bits per heavy atom. The highest BCUT2D eigenvalue weighted by molar-refractivity contribution is 7.09. The summed E-state index contributed by atoms with van der Waals surface area (Å²) in [7, 11) is 3.36. The Kier molecular flexibility index (Phi) is 6.12. The largest absolute Gasteiger partial charge is 0.497 e. The van der Waals surface area contributed by atoms with E-state index in [-0.39, 0.29) is 0 Å². The summed E-state index contributed by atoms with van der Waals surface area (Å²) in [6, 6.07) is 20.3. The van der Waals surface area contributed by atoms with Gasteiger partial charge in [0.15, 0.2) is 4.80 Å². The molecule has 0 radical (unpaired) electrons. The predicted molar refractivity (Wildman–Crippen MR) is 121 cm³/mol. The van der Waals surface area contributed by atoms with Crippen LogP contribution in [0.2, 0.25) is 0 Å². The number of benzene rings is 2. The van der Waals surface area contributed by atoms with Crippen molar-refractivity contribution in [1.82, 2.24) is 4.57 Å². The fourth-order valence-electron chi connectivity index (χ4n) is 3.09. The lowest BCUT2D eigenvalue weighted by Gasteiger charge is -2.09. The zero-order valence-corrected chi connectivity index (χ0v) is 18.0. The number of hydrogen-bond donors (Lipinski definition) is 0. The second kappa shape index (κ2) is 9.11. The van der Waals surface area contributed by atoms with Gasteiger partial charge in [0.05, 0.1) is 25.6 Å². The Balaban J connectivity index is 1.75. The summed E-state index contributed by atoms with van der Waals surface area (Å²) >= 11 is 3.45. The summed E-state index contributed by atoms with van der Waals surface area (Å²) in [5.74, 6) is 1.67. The summed E-state index contributed by atoms with van der Waals surface area (Å²) in [4.78, 5) is 7.25. The highest BCUT2D eigenvalue weighted by atomic mass is 32.1. The molecule has 0 saturated heterocycles. The topological polar surface area (TPSA) is 35.8 Å². The lowest BCUT2D eigenvalue weighted by Crippen LogP contribution is -2.17. The fourth-order valence-corrected chi connectivity index (χ4v) is 4.75. The molecule has 2 heterocycles. The third-order valence-corrected chi connectivity index (χ3v) is 6.42. The van der Waals surface area contributed by atoms with Gasteiger partial charge >= 0.3 is 0 Å². The van der Waals surface area contributed by atoms with Crippen LogP contribution in [-0.4, -0.2) is 18.8 Å². The molecule has 148 valence electrons. The number of thiophene rings is 1. The molecule has 0 atom stereocenters. The zero-order chi connectivity index (χ0) is 20.1. The molecule has 29 heavy (non-hydrogen) atoms. The Morgan fingerprint density at radius 3 is 2.45 bits per heavy atom. The first kappa shape index (κ1) is 19.5. The smallest absolute Gasteiger partial charge is 0.190 e. The Morgan fingerprint density at radius 1 is 0.897 bits per heavy atom. The molecule has 0 fully saturated rings. The van der Waals surface area contributed by atoms with Gasteiger partial charge in [-0.1, -0.05) is 12.1 Å².